The van der Waals surface area contributed by atoms with Gasteiger partial charge in [-0.3, -0.25) is 4.79 Å². The molecule has 0 unspecified atom stereocenters. The maximum atomic E-state index is 12.6. The Morgan fingerprint density at radius 3 is 2.88 bits per heavy atom. The number of anilines is 2. The van der Waals surface area contributed by atoms with Crippen LogP contribution < -0.4 is 15.4 Å². The van der Waals surface area contributed by atoms with Crippen LogP contribution in [0.3, 0.4) is 0 Å². The molecule has 1 heterocycles. The normalized spacial score (nSPS) is 13.0. The van der Waals surface area contributed by atoms with Gasteiger partial charge in [0.15, 0.2) is 6.61 Å². The number of hydrogen-bond donors (Lipinski definition) is 1. The molecule has 2 N–H and O–H groups in total. The topological polar surface area (TPSA) is 55.6 Å². The van der Waals surface area contributed by atoms with Crippen molar-refractivity contribution in [2.45, 2.75) is 19.8 Å². The van der Waals surface area contributed by atoms with Gasteiger partial charge in [0, 0.05) is 22.9 Å². The summed E-state index contributed by atoms with van der Waals surface area (Å²) < 4.78 is 5.67. The van der Waals surface area contributed by atoms with E-state index in [1.165, 1.54) is 0 Å². The maximum Gasteiger partial charge on any atom is 0.264 e. The first-order chi connectivity index (χ1) is 11.1. The third kappa shape index (κ3) is 3.77. The van der Waals surface area contributed by atoms with E-state index in [0.717, 1.165) is 35.3 Å². The van der Waals surface area contributed by atoms with Crippen LogP contribution in [0.15, 0.2) is 36.4 Å². The number of carbonyl (C=O) groups excluding carboxylic acids is 1. The van der Waals surface area contributed by atoms with E-state index >= 15 is 0 Å². The molecule has 128 valence electrons. The fraction of sp³-hybridized carbons (Fsp3) is 0.278. The Morgan fingerprint density at radius 1 is 1.33 bits per heavy atom. The second-order valence-electron chi connectivity index (χ2n) is 5.69. The van der Waals surface area contributed by atoms with Crippen molar-refractivity contribution in [2.24, 2.45) is 0 Å². The van der Waals surface area contributed by atoms with Crippen molar-refractivity contribution < 1.29 is 9.53 Å². The molecule has 3 rings (SSSR count). The third-order valence-corrected chi connectivity index (χ3v) is 4.31. The molecule has 0 atom stereocenters. The van der Waals surface area contributed by atoms with Crippen LogP contribution in [-0.4, -0.2) is 19.1 Å². The number of hydrogen-bond acceptors (Lipinski definition) is 3. The molecule has 1 aliphatic rings. The van der Waals surface area contributed by atoms with Crippen LogP contribution >= 0.6 is 24.0 Å². The zero-order valence-corrected chi connectivity index (χ0v) is 15.0. The highest BCUT2D eigenvalue weighted by Gasteiger charge is 2.24. The number of nitrogens with two attached hydrogens (primary N) is 1. The lowest BCUT2D eigenvalue weighted by molar-refractivity contribution is -0.120. The van der Waals surface area contributed by atoms with Crippen molar-refractivity contribution >= 4 is 41.3 Å². The van der Waals surface area contributed by atoms with Crippen molar-refractivity contribution in [3.8, 4) is 5.75 Å². The van der Waals surface area contributed by atoms with Crippen molar-refractivity contribution in [2.75, 3.05) is 23.8 Å². The van der Waals surface area contributed by atoms with E-state index in [9.17, 15) is 4.79 Å². The highest BCUT2D eigenvalue weighted by Crippen LogP contribution is 2.31. The van der Waals surface area contributed by atoms with Gasteiger partial charge in [-0.1, -0.05) is 17.7 Å². The molecule has 0 aromatic heterocycles. The molecule has 1 amide bonds. The van der Waals surface area contributed by atoms with E-state index in [1.807, 2.05) is 31.2 Å². The van der Waals surface area contributed by atoms with Crippen LogP contribution in [-0.2, 0) is 11.2 Å². The highest BCUT2D eigenvalue weighted by atomic mass is 35.5. The minimum absolute atomic E-state index is 0. The van der Waals surface area contributed by atoms with Gasteiger partial charge in [0.1, 0.15) is 5.75 Å². The minimum Gasteiger partial charge on any atom is -0.483 e. The Morgan fingerprint density at radius 2 is 2.12 bits per heavy atom. The third-order valence-electron chi connectivity index (χ3n) is 4.08. The number of halogens is 2. The van der Waals surface area contributed by atoms with Gasteiger partial charge in [-0.25, -0.2) is 0 Å². The van der Waals surface area contributed by atoms with Crippen molar-refractivity contribution in [1.82, 2.24) is 0 Å². The van der Waals surface area contributed by atoms with Gasteiger partial charge < -0.3 is 15.4 Å². The maximum absolute atomic E-state index is 12.6. The summed E-state index contributed by atoms with van der Waals surface area (Å²) in [6.07, 6.45) is 1.82. The van der Waals surface area contributed by atoms with Crippen molar-refractivity contribution in [1.29, 1.82) is 0 Å². The van der Waals surface area contributed by atoms with Crippen LogP contribution in [0.5, 0.6) is 5.75 Å². The summed E-state index contributed by atoms with van der Waals surface area (Å²) in [5.41, 5.74) is 9.63. The predicted molar refractivity (Wildman–Crippen MR) is 100 cm³/mol. The Hall–Kier alpha value is -1.91. The highest BCUT2D eigenvalue weighted by molar-refractivity contribution is 6.30. The van der Waals surface area contributed by atoms with Gasteiger partial charge in [0.05, 0.1) is 0 Å². The average molecular weight is 367 g/mol. The number of aryl methyl sites for hydroxylation is 1. The fourth-order valence-electron chi connectivity index (χ4n) is 2.90. The molecular formula is C18H20Cl2N2O2. The molecule has 1 aliphatic heterocycles. The summed E-state index contributed by atoms with van der Waals surface area (Å²) >= 11 is 5.93. The summed E-state index contributed by atoms with van der Waals surface area (Å²) in [7, 11) is 0. The second kappa shape index (κ2) is 7.77. The molecule has 0 radical (unpaired) electrons. The van der Waals surface area contributed by atoms with Crippen LogP contribution in [0.25, 0.3) is 0 Å². The van der Waals surface area contributed by atoms with E-state index in [0.29, 0.717) is 17.3 Å². The summed E-state index contributed by atoms with van der Waals surface area (Å²) in [6.45, 7) is 2.59. The molecule has 2 aromatic rings. The van der Waals surface area contributed by atoms with Gasteiger partial charge in [-0.15, -0.1) is 12.4 Å². The average Bonchev–Trinajstić information content (AvgIpc) is 2.54. The smallest absolute Gasteiger partial charge is 0.264 e. The largest absolute Gasteiger partial charge is 0.483 e. The second-order valence-corrected chi connectivity index (χ2v) is 6.13. The number of nitrogens with zero attached hydrogens (tertiary/aromatic N) is 1. The Balaban J connectivity index is 0.00000208. The molecule has 0 saturated heterocycles. The van der Waals surface area contributed by atoms with E-state index in [2.05, 4.69) is 0 Å². The number of amides is 1. The number of carbonyl (C=O) groups is 1. The molecule has 2 aromatic carbocycles. The molecule has 4 nitrogen and oxygen atoms in total. The molecule has 6 heteroatoms. The molecule has 0 fully saturated rings. The number of nitrogen functional groups attached to an aromatic ring is 1. The van der Waals surface area contributed by atoms with Crippen molar-refractivity contribution in [3.05, 3.63) is 52.5 Å². The minimum atomic E-state index is -0.0640. The van der Waals surface area contributed by atoms with Crippen molar-refractivity contribution in [3.63, 3.8) is 0 Å². The fourth-order valence-corrected chi connectivity index (χ4v) is 3.13. The van der Waals surface area contributed by atoms with E-state index < -0.39 is 0 Å². The number of benzene rings is 2. The standard InChI is InChI=1S/C18H19ClN2O2.ClH/c1-12-10-13(19)7-8-17(12)23-11-18(22)21-9-3-4-14-15(20)5-2-6-16(14)21;/h2,5-8,10H,3-4,9,11,20H2,1H3;1H. The van der Waals surface area contributed by atoms with E-state index in [-0.39, 0.29) is 24.9 Å². The molecule has 0 spiro atoms. The van der Waals surface area contributed by atoms with Crippen LogP contribution in [0.2, 0.25) is 5.02 Å². The molecule has 0 aliphatic carbocycles. The number of ether oxygens (including phenoxy) is 1. The van der Waals surface area contributed by atoms with Gasteiger partial charge in [-0.05, 0) is 61.2 Å². The number of rotatable bonds is 3. The first-order valence-corrected chi connectivity index (χ1v) is 8.01. The number of fused-ring (bicyclic) bond motifs is 1. The van der Waals surface area contributed by atoms with Gasteiger partial charge in [0.2, 0.25) is 0 Å². The first kappa shape index (κ1) is 18.4. The quantitative estimate of drug-likeness (QED) is 0.834. The lowest BCUT2D eigenvalue weighted by atomic mass is 10.00. The first-order valence-electron chi connectivity index (χ1n) is 7.63. The van der Waals surface area contributed by atoms with E-state index in [1.54, 1.807) is 17.0 Å². The lowest BCUT2D eigenvalue weighted by Crippen LogP contribution is -2.38. The van der Waals surface area contributed by atoms with Crippen LogP contribution in [0.4, 0.5) is 11.4 Å². The summed E-state index contributed by atoms with van der Waals surface area (Å²) in [4.78, 5) is 14.3. The Bertz CT molecular complexity index is 750. The zero-order chi connectivity index (χ0) is 16.4. The van der Waals surface area contributed by atoms with Crippen LogP contribution in [0, 0.1) is 6.92 Å². The predicted octanol–water partition coefficient (Wildman–Crippen LogP) is 4.01. The molecular weight excluding hydrogens is 347 g/mol. The Kier molecular flexibility index (Phi) is 5.97. The van der Waals surface area contributed by atoms with Crippen LogP contribution in [0.1, 0.15) is 17.5 Å². The molecule has 0 saturated carbocycles. The SMILES string of the molecule is Cc1cc(Cl)ccc1OCC(=O)N1CCCc2c(N)cccc21.Cl. The van der Waals surface area contributed by atoms with Gasteiger partial charge >= 0.3 is 0 Å². The molecule has 0 bridgehead atoms. The molecule has 24 heavy (non-hydrogen) atoms. The monoisotopic (exact) mass is 366 g/mol. The van der Waals surface area contributed by atoms with Gasteiger partial charge in [0.25, 0.3) is 5.91 Å². The summed E-state index contributed by atoms with van der Waals surface area (Å²) in [5, 5.41) is 0.654. The van der Waals surface area contributed by atoms with Gasteiger partial charge in [-0.2, -0.15) is 0 Å². The zero-order valence-electron chi connectivity index (χ0n) is 13.4. The van der Waals surface area contributed by atoms with E-state index in [4.69, 9.17) is 22.1 Å². The Labute approximate surface area is 153 Å². The summed E-state index contributed by atoms with van der Waals surface area (Å²) in [5.74, 6) is 0.610. The lowest BCUT2D eigenvalue weighted by Gasteiger charge is -2.30. The summed E-state index contributed by atoms with van der Waals surface area (Å²) in [6, 6.07) is 11.1.